The summed E-state index contributed by atoms with van der Waals surface area (Å²) in [5.41, 5.74) is 0. The van der Waals surface area contributed by atoms with E-state index < -0.39 is 0 Å². The molecule has 0 saturated carbocycles. The molecule has 17 heavy (non-hydrogen) atoms. The molecule has 0 spiro atoms. The molecule has 2 aromatic rings. The van der Waals surface area contributed by atoms with Gasteiger partial charge in [0.1, 0.15) is 18.2 Å². The Morgan fingerprint density at radius 3 is 3.06 bits per heavy atom. The molecule has 0 bridgehead atoms. The van der Waals surface area contributed by atoms with Crippen LogP contribution in [0.3, 0.4) is 0 Å². The molecule has 1 heterocycles. The summed E-state index contributed by atoms with van der Waals surface area (Å²) >= 11 is 9.40. The predicted octanol–water partition coefficient (Wildman–Crippen LogP) is 2.56. The van der Waals surface area contributed by atoms with E-state index in [9.17, 15) is 0 Å². The van der Waals surface area contributed by atoms with E-state index in [1.165, 1.54) is 0 Å². The fourth-order valence-electron chi connectivity index (χ4n) is 1.35. The van der Waals surface area contributed by atoms with Crippen LogP contribution in [0.15, 0.2) is 29.0 Å². The van der Waals surface area contributed by atoms with Gasteiger partial charge in [-0.25, -0.2) is 4.68 Å². The van der Waals surface area contributed by atoms with Gasteiger partial charge < -0.3 is 4.74 Å². The maximum Gasteiger partial charge on any atom is 0.139 e. The molecule has 0 aliphatic heterocycles. The molecule has 7 heteroatoms. The fraction of sp³-hybridized carbons (Fsp3) is 0.300. The molecule has 1 unspecified atom stereocenters. The van der Waals surface area contributed by atoms with E-state index in [0.717, 1.165) is 4.47 Å². The van der Waals surface area contributed by atoms with E-state index in [1.54, 1.807) is 17.1 Å². The fourth-order valence-corrected chi connectivity index (χ4v) is 1.85. The molecule has 1 aromatic heterocycles. The summed E-state index contributed by atoms with van der Waals surface area (Å²) in [5, 5.41) is 11.5. The standard InChI is InChI=1S/C10H10BrClN4O/c1-7(5-16-6-13-14-15-16)17-10-4-8(11)2-3-9(10)12/h2-4,6-7H,5H2,1H3. The second kappa shape index (κ2) is 5.46. The van der Waals surface area contributed by atoms with Crippen molar-refractivity contribution < 1.29 is 4.74 Å². The lowest BCUT2D eigenvalue weighted by Gasteiger charge is -2.15. The van der Waals surface area contributed by atoms with Crippen LogP contribution in [0.5, 0.6) is 5.75 Å². The summed E-state index contributed by atoms with van der Waals surface area (Å²) in [4.78, 5) is 0. The first-order chi connectivity index (χ1) is 8.15. The average Bonchev–Trinajstić information content (AvgIpc) is 2.76. The molecule has 0 radical (unpaired) electrons. The Morgan fingerprint density at radius 2 is 2.35 bits per heavy atom. The first-order valence-corrected chi connectivity index (χ1v) is 6.15. The van der Waals surface area contributed by atoms with Gasteiger partial charge in [-0.05, 0) is 35.5 Å². The highest BCUT2D eigenvalue weighted by Gasteiger charge is 2.09. The van der Waals surface area contributed by atoms with E-state index in [-0.39, 0.29) is 6.10 Å². The van der Waals surface area contributed by atoms with Crippen molar-refractivity contribution in [2.75, 3.05) is 0 Å². The van der Waals surface area contributed by atoms with Gasteiger partial charge in [0.15, 0.2) is 0 Å². The minimum Gasteiger partial charge on any atom is -0.487 e. The van der Waals surface area contributed by atoms with Crippen LogP contribution < -0.4 is 4.74 Å². The van der Waals surface area contributed by atoms with Gasteiger partial charge in [0.2, 0.25) is 0 Å². The average molecular weight is 318 g/mol. The Labute approximate surface area is 112 Å². The molecule has 0 saturated heterocycles. The molecule has 5 nitrogen and oxygen atoms in total. The number of rotatable bonds is 4. The third-order valence-corrected chi connectivity index (χ3v) is 2.86. The Hall–Kier alpha value is -1.14. The first kappa shape index (κ1) is 12.3. The zero-order chi connectivity index (χ0) is 12.3. The summed E-state index contributed by atoms with van der Waals surface area (Å²) in [6, 6.07) is 5.48. The lowest BCUT2D eigenvalue weighted by atomic mass is 10.3. The number of nitrogens with zero attached hydrogens (tertiary/aromatic N) is 4. The molecular formula is C10H10BrClN4O. The van der Waals surface area contributed by atoms with Crippen molar-refractivity contribution in [2.45, 2.75) is 19.6 Å². The van der Waals surface area contributed by atoms with E-state index in [2.05, 4.69) is 31.5 Å². The number of benzene rings is 1. The van der Waals surface area contributed by atoms with Crippen molar-refractivity contribution >= 4 is 27.5 Å². The van der Waals surface area contributed by atoms with Gasteiger partial charge in [0.05, 0.1) is 11.6 Å². The summed E-state index contributed by atoms with van der Waals surface area (Å²) in [6.07, 6.45) is 1.47. The number of aromatic nitrogens is 4. The summed E-state index contributed by atoms with van der Waals surface area (Å²) in [7, 11) is 0. The van der Waals surface area contributed by atoms with E-state index in [1.807, 2.05) is 19.1 Å². The molecule has 0 aliphatic rings. The second-order valence-electron chi connectivity index (χ2n) is 3.54. The van der Waals surface area contributed by atoms with E-state index in [0.29, 0.717) is 17.3 Å². The van der Waals surface area contributed by atoms with Crippen LogP contribution in [-0.4, -0.2) is 26.3 Å². The van der Waals surface area contributed by atoms with Crippen LogP contribution in [0.25, 0.3) is 0 Å². The van der Waals surface area contributed by atoms with Gasteiger partial charge in [0.25, 0.3) is 0 Å². The van der Waals surface area contributed by atoms with Crippen LogP contribution in [0.4, 0.5) is 0 Å². The Balaban J connectivity index is 2.02. The van der Waals surface area contributed by atoms with Gasteiger partial charge in [-0.1, -0.05) is 27.5 Å². The summed E-state index contributed by atoms with van der Waals surface area (Å²) in [6.45, 7) is 2.49. The zero-order valence-corrected chi connectivity index (χ0v) is 11.4. The number of halogens is 2. The van der Waals surface area contributed by atoms with Crippen molar-refractivity contribution in [1.29, 1.82) is 0 Å². The minimum absolute atomic E-state index is 0.0784. The van der Waals surface area contributed by atoms with E-state index >= 15 is 0 Å². The molecule has 0 aliphatic carbocycles. The lowest BCUT2D eigenvalue weighted by molar-refractivity contribution is 0.193. The molecule has 1 aromatic carbocycles. The SMILES string of the molecule is CC(Cn1cnnn1)Oc1cc(Br)ccc1Cl. The molecule has 1 atom stereocenters. The van der Waals surface area contributed by atoms with Gasteiger partial charge in [0, 0.05) is 4.47 Å². The largest absolute Gasteiger partial charge is 0.487 e. The number of hydrogen-bond acceptors (Lipinski definition) is 4. The van der Waals surface area contributed by atoms with Crippen molar-refractivity contribution in [2.24, 2.45) is 0 Å². The van der Waals surface area contributed by atoms with Crippen molar-refractivity contribution in [3.05, 3.63) is 34.0 Å². The summed E-state index contributed by atoms with van der Waals surface area (Å²) in [5.74, 6) is 0.640. The molecule has 2 rings (SSSR count). The number of hydrogen-bond donors (Lipinski definition) is 0. The van der Waals surface area contributed by atoms with Crippen LogP contribution in [0.1, 0.15) is 6.92 Å². The van der Waals surface area contributed by atoms with Crippen LogP contribution in [0.2, 0.25) is 5.02 Å². The quantitative estimate of drug-likeness (QED) is 0.869. The minimum atomic E-state index is -0.0784. The van der Waals surface area contributed by atoms with Gasteiger partial charge in [-0.15, -0.1) is 5.10 Å². The van der Waals surface area contributed by atoms with Crippen molar-refractivity contribution in [1.82, 2.24) is 20.2 Å². The maximum absolute atomic E-state index is 6.03. The molecule has 90 valence electrons. The van der Waals surface area contributed by atoms with Crippen LogP contribution >= 0.6 is 27.5 Å². The molecular weight excluding hydrogens is 307 g/mol. The highest BCUT2D eigenvalue weighted by molar-refractivity contribution is 9.10. The summed E-state index contributed by atoms with van der Waals surface area (Å²) < 4.78 is 8.25. The number of ether oxygens (including phenoxy) is 1. The Kier molecular flexibility index (Phi) is 3.96. The maximum atomic E-state index is 6.03. The highest BCUT2D eigenvalue weighted by Crippen LogP contribution is 2.28. The lowest BCUT2D eigenvalue weighted by Crippen LogP contribution is -2.20. The molecule has 0 fully saturated rings. The second-order valence-corrected chi connectivity index (χ2v) is 4.86. The van der Waals surface area contributed by atoms with Crippen LogP contribution in [-0.2, 0) is 6.54 Å². The topological polar surface area (TPSA) is 52.8 Å². The van der Waals surface area contributed by atoms with Gasteiger partial charge >= 0.3 is 0 Å². The third kappa shape index (κ3) is 3.41. The Morgan fingerprint density at radius 1 is 1.53 bits per heavy atom. The van der Waals surface area contributed by atoms with Gasteiger partial charge in [-0.2, -0.15) is 0 Å². The smallest absolute Gasteiger partial charge is 0.139 e. The number of tetrazole rings is 1. The van der Waals surface area contributed by atoms with Crippen molar-refractivity contribution in [3.63, 3.8) is 0 Å². The van der Waals surface area contributed by atoms with Gasteiger partial charge in [-0.3, -0.25) is 0 Å². The highest BCUT2D eigenvalue weighted by atomic mass is 79.9. The van der Waals surface area contributed by atoms with Crippen molar-refractivity contribution in [3.8, 4) is 5.75 Å². The van der Waals surface area contributed by atoms with Crippen LogP contribution in [0, 0.1) is 0 Å². The Bertz CT molecular complexity index is 491. The normalized spacial score (nSPS) is 12.4. The monoisotopic (exact) mass is 316 g/mol. The first-order valence-electron chi connectivity index (χ1n) is 4.97. The van der Waals surface area contributed by atoms with E-state index in [4.69, 9.17) is 16.3 Å². The zero-order valence-electron chi connectivity index (χ0n) is 9.05. The predicted molar refractivity (Wildman–Crippen MR) is 67.1 cm³/mol. The molecule has 0 N–H and O–H groups in total. The molecule has 0 amide bonds. The third-order valence-electron chi connectivity index (χ3n) is 2.06.